The maximum absolute atomic E-state index is 13.4. The lowest BCUT2D eigenvalue weighted by molar-refractivity contribution is -0.140. The van der Waals surface area contributed by atoms with Crippen LogP contribution in [0.4, 0.5) is 24.5 Å². The fourth-order valence-corrected chi connectivity index (χ4v) is 4.58. The standard InChI is InChI=1S/C26H27ClF3N3O.C2H7N/c1-34-25-15-18(27)12-13-23(25)31-14-6-9-20-16-21-22(32-19-7-3-2-4-8-19)10-5-11-24(21)33(20)17-26(28,29)30;1-3-2/h5,10-13,15-16,19,31-32H,2-4,7-8,14,17H2,1H3;3H,1-2H3. The van der Waals surface area contributed by atoms with Crippen LogP contribution in [0.25, 0.3) is 10.9 Å². The predicted molar refractivity (Wildman–Crippen MR) is 147 cm³/mol. The molecule has 37 heavy (non-hydrogen) atoms. The SMILES string of the molecule is CNC.COc1cc(Cl)ccc1NCC#Cc1cc2c(NC3CCCCC3)cccc2n1CC(F)(F)F. The van der Waals surface area contributed by atoms with Crippen molar-refractivity contribution in [3.8, 4) is 17.6 Å². The second kappa shape index (κ2) is 13.5. The summed E-state index contributed by atoms with van der Waals surface area (Å²) in [7, 11) is 5.29. The van der Waals surface area contributed by atoms with Gasteiger partial charge in [0.1, 0.15) is 12.3 Å². The fraction of sp³-hybridized carbons (Fsp3) is 0.429. The summed E-state index contributed by atoms with van der Waals surface area (Å²) in [5.74, 6) is 6.45. The van der Waals surface area contributed by atoms with Crippen molar-refractivity contribution in [1.29, 1.82) is 0 Å². The van der Waals surface area contributed by atoms with E-state index in [0.29, 0.717) is 33.7 Å². The van der Waals surface area contributed by atoms with Crippen LogP contribution in [-0.4, -0.2) is 44.5 Å². The van der Waals surface area contributed by atoms with Crippen LogP contribution in [0.1, 0.15) is 37.8 Å². The minimum Gasteiger partial charge on any atom is -0.495 e. The molecule has 1 saturated carbocycles. The third-order valence-electron chi connectivity index (χ3n) is 6.00. The summed E-state index contributed by atoms with van der Waals surface area (Å²) in [6, 6.07) is 12.7. The van der Waals surface area contributed by atoms with E-state index in [1.165, 1.54) is 30.9 Å². The van der Waals surface area contributed by atoms with Crippen LogP contribution in [-0.2, 0) is 6.54 Å². The number of nitrogens with zero attached hydrogens (tertiary/aromatic N) is 1. The first-order valence-corrected chi connectivity index (χ1v) is 12.7. The van der Waals surface area contributed by atoms with Gasteiger partial charge in [-0.15, -0.1) is 0 Å². The molecule has 0 atom stereocenters. The van der Waals surface area contributed by atoms with Crippen LogP contribution in [0.15, 0.2) is 42.5 Å². The number of methoxy groups -OCH3 is 1. The lowest BCUT2D eigenvalue weighted by atomic mass is 9.95. The largest absolute Gasteiger partial charge is 0.495 e. The third-order valence-corrected chi connectivity index (χ3v) is 6.23. The van der Waals surface area contributed by atoms with Gasteiger partial charge in [-0.05, 0) is 63.2 Å². The van der Waals surface area contributed by atoms with Gasteiger partial charge in [0.15, 0.2) is 0 Å². The van der Waals surface area contributed by atoms with Crippen molar-refractivity contribution in [2.24, 2.45) is 0 Å². The summed E-state index contributed by atoms with van der Waals surface area (Å²) in [4.78, 5) is 0. The molecular weight excluding hydrogens is 501 g/mol. The minimum absolute atomic E-state index is 0.235. The van der Waals surface area contributed by atoms with Crippen LogP contribution < -0.4 is 20.7 Å². The summed E-state index contributed by atoms with van der Waals surface area (Å²) >= 11 is 5.98. The van der Waals surface area contributed by atoms with Gasteiger partial charge < -0.3 is 25.3 Å². The molecular formula is C28H34ClF3N4O. The predicted octanol–water partition coefficient (Wildman–Crippen LogP) is 6.91. The molecule has 0 bridgehead atoms. The summed E-state index contributed by atoms with van der Waals surface area (Å²) in [6.45, 7) is -0.857. The highest BCUT2D eigenvalue weighted by atomic mass is 35.5. The summed E-state index contributed by atoms with van der Waals surface area (Å²) in [6.07, 6.45) is 1.37. The van der Waals surface area contributed by atoms with E-state index in [-0.39, 0.29) is 6.54 Å². The Morgan fingerprint density at radius 3 is 2.46 bits per heavy atom. The van der Waals surface area contributed by atoms with Crippen molar-refractivity contribution in [3.63, 3.8) is 0 Å². The molecule has 0 saturated heterocycles. The maximum Gasteiger partial charge on any atom is 0.406 e. The highest BCUT2D eigenvalue weighted by molar-refractivity contribution is 6.30. The van der Waals surface area contributed by atoms with Crippen molar-refractivity contribution in [1.82, 2.24) is 9.88 Å². The maximum atomic E-state index is 13.4. The molecule has 5 nitrogen and oxygen atoms in total. The Morgan fingerprint density at radius 2 is 1.78 bits per heavy atom. The molecule has 200 valence electrons. The molecule has 0 unspecified atom stereocenters. The van der Waals surface area contributed by atoms with Crippen LogP contribution in [0.2, 0.25) is 5.02 Å². The first kappa shape index (κ1) is 28.5. The molecule has 3 N–H and O–H groups in total. The van der Waals surface area contributed by atoms with Gasteiger partial charge in [0.05, 0.1) is 30.6 Å². The van der Waals surface area contributed by atoms with Crippen molar-refractivity contribution in [2.75, 3.05) is 38.4 Å². The van der Waals surface area contributed by atoms with Gasteiger partial charge in [0, 0.05) is 28.2 Å². The van der Waals surface area contributed by atoms with Crippen LogP contribution in [0, 0.1) is 11.8 Å². The summed E-state index contributed by atoms with van der Waals surface area (Å²) < 4.78 is 46.8. The molecule has 1 fully saturated rings. The van der Waals surface area contributed by atoms with Crippen molar-refractivity contribution < 1.29 is 17.9 Å². The highest BCUT2D eigenvalue weighted by Gasteiger charge is 2.30. The van der Waals surface area contributed by atoms with Gasteiger partial charge in [-0.2, -0.15) is 13.2 Å². The zero-order valence-electron chi connectivity index (χ0n) is 21.4. The van der Waals surface area contributed by atoms with Gasteiger partial charge in [-0.1, -0.05) is 42.9 Å². The normalized spacial score (nSPS) is 13.8. The first-order valence-electron chi connectivity index (χ1n) is 12.4. The molecule has 3 aromatic rings. The lowest BCUT2D eigenvalue weighted by Gasteiger charge is -2.24. The summed E-state index contributed by atoms with van der Waals surface area (Å²) in [5.41, 5.74) is 2.42. The molecule has 4 rings (SSSR count). The molecule has 0 spiro atoms. The second-order valence-electron chi connectivity index (χ2n) is 8.95. The molecule has 1 heterocycles. The van der Waals surface area contributed by atoms with Gasteiger partial charge in [-0.3, -0.25) is 0 Å². The van der Waals surface area contributed by atoms with Gasteiger partial charge in [0.25, 0.3) is 0 Å². The van der Waals surface area contributed by atoms with E-state index in [1.807, 2.05) is 20.2 Å². The zero-order valence-corrected chi connectivity index (χ0v) is 22.2. The minimum atomic E-state index is -4.36. The van der Waals surface area contributed by atoms with Crippen molar-refractivity contribution in [2.45, 2.75) is 50.9 Å². The van der Waals surface area contributed by atoms with Crippen LogP contribution in [0.5, 0.6) is 5.75 Å². The Morgan fingerprint density at radius 1 is 1.05 bits per heavy atom. The number of anilines is 2. The Labute approximate surface area is 221 Å². The molecule has 1 aliphatic carbocycles. The topological polar surface area (TPSA) is 50.2 Å². The van der Waals surface area contributed by atoms with E-state index in [0.717, 1.165) is 23.9 Å². The average Bonchev–Trinajstić information content (AvgIpc) is 3.20. The molecule has 1 aromatic heterocycles. The zero-order chi connectivity index (χ0) is 26.8. The van der Waals surface area contributed by atoms with Gasteiger partial charge in [0.2, 0.25) is 0 Å². The van der Waals surface area contributed by atoms with Crippen molar-refractivity contribution >= 4 is 33.9 Å². The molecule has 1 aliphatic rings. The Balaban J connectivity index is 0.00000121. The molecule has 2 aromatic carbocycles. The smallest absolute Gasteiger partial charge is 0.406 e. The average molecular weight is 535 g/mol. The second-order valence-corrected chi connectivity index (χ2v) is 9.38. The van der Waals surface area contributed by atoms with E-state index < -0.39 is 12.7 Å². The van der Waals surface area contributed by atoms with Crippen LogP contribution in [0.3, 0.4) is 0 Å². The van der Waals surface area contributed by atoms with Gasteiger partial charge in [-0.25, -0.2) is 0 Å². The van der Waals surface area contributed by atoms with Gasteiger partial charge >= 0.3 is 6.18 Å². The third kappa shape index (κ3) is 8.24. The number of hydrogen-bond acceptors (Lipinski definition) is 4. The van der Waals surface area contributed by atoms with Crippen LogP contribution >= 0.6 is 11.6 Å². The number of rotatable bonds is 6. The van der Waals surface area contributed by atoms with E-state index in [4.69, 9.17) is 16.3 Å². The summed E-state index contributed by atoms with van der Waals surface area (Å²) in [5, 5.41) is 10.7. The number of alkyl halides is 3. The Bertz CT molecular complexity index is 1220. The Kier molecular flexibility index (Phi) is 10.4. The Hall–Kier alpha value is -3.02. The van der Waals surface area contributed by atoms with E-state index in [9.17, 15) is 13.2 Å². The number of halogens is 4. The molecule has 0 aliphatic heterocycles. The number of aromatic nitrogens is 1. The molecule has 9 heteroatoms. The lowest BCUT2D eigenvalue weighted by Crippen LogP contribution is -2.22. The molecule has 0 amide bonds. The van der Waals surface area contributed by atoms with Crippen molar-refractivity contribution in [3.05, 3.63) is 53.2 Å². The number of nitrogens with one attached hydrogen (secondary N) is 3. The number of benzene rings is 2. The van der Waals surface area contributed by atoms with E-state index >= 15 is 0 Å². The number of ether oxygens (including phenoxy) is 1. The van der Waals surface area contributed by atoms with E-state index in [2.05, 4.69) is 27.8 Å². The number of fused-ring (bicyclic) bond motifs is 1. The molecule has 0 radical (unpaired) electrons. The first-order chi connectivity index (χ1) is 17.8. The monoisotopic (exact) mass is 534 g/mol. The fourth-order valence-electron chi connectivity index (χ4n) is 4.42. The van der Waals surface area contributed by atoms with E-state index in [1.54, 1.807) is 36.4 Å². The quantitative estimate of drug-likeness (QED) is 0.301. The highest BCUT2D eigenvalue weighted by Crippen LogP contribution is 2.32. The number of hydrogen-bond donors (Lipinski definition) is 3.